The average molecular weight is 438 g/mol. The van der Waals surface area contributed by atoms with Gasteiger partial charge in [-0.25, -0.2) is 0 Å². The van der Waals surface area contributed by atoms with Gasteiger partial charge in [-0.15, -0.1) is 0 Å². The van der Waals surface area contributed by atoms with Crippen LogP contribution in [0.1, 0.15) is 29.5 Å². The largest absolute Gasteiger partial charge is 0.484 e. The van der Waals surface area contributed by atoms with Crippen LogP contribution in [0.4, 0.5) is 5.69 Å². The Morgan fingerprint density at radius 3 is 2.72 bits per heavy atom. The molecule has 1 heterocycles. The molecule has 0 bridgehead atoms. The molecule has 1 saturated heterocycles. The van der Waals surface area contributed by atoms with Crippen molar-refractivity contribution in [1.82, 2.24) is 10.2 Å². The molecule has 0 aromatic heterocycles. The molecule has 7 nitrogen and oxygen atoms in total. The molecule has 1 aliphatic carbocycles. The van der Waals surface area contributed by atoms with Crippen LogP contribution in [0.25, 0.3) is 0 Å². The van der Waals surface area contributed by atoms with Crippen molar-refractivity contribution in [2.45, 2.75) is 32.2 Å². The van der Waals surface area contributed by atoms with E-state index in [9.17, 15) is 9.59 Å². The number of nitrogens with zero attached hydrogens (tertiary/aromatic N) is 1. The number of nitrogens with one attached hydrogen (secondary N) is 2. The lowest BCUT2D eigenvalue weighted by Crippen LogP contribution is -2.38. The van der Waals surface area contributed by atoms with Crippen molar-refractivity contribution >= 4 is 17.5 Å². The number of hydrogen-bond acceptors (Lipinski definition) is 5. The fraction of sp³-hybridized carbons (Fsp3) is 0.440. The lowest BCUT2D eigenvalue weighted by Gasteiger charge is -2.26. The minimum atomic E-state index is -0.176. The van der Waals surface area contributed by atoms with E-state index in [1.54, 1.807) is 0 Å². The zero-order valence-electron chi connectivity index (χ0n) is 18.4. The average Bonchev–Trinajstić information content (AvgIpc) is 3.29. The van der Waals surface area contributed by atoms with Crippen molar-refractivity contribution in [2.24, 2.45) is 0 Å². The lowest BCUT2D eigenvalue weighted by molar-refractivity contribution is -0.123. The van der Waals surface area contributed by atoms with Gasteiger partial charge in [0.1, 0.15) is 5.75 Å². The molecule has 0 radical (unpaired) electrons. The molecule has 0 unspecified atom stereocenters. The predicted octanol–water partition coefficient (Wildman–Crippen LogP) is 2.53. The minimum Gasteiger partial charge on any atom is -0.484 e. The van der Waals surface area contributed by atoms with Crippen molar-refractivity contribution in [2.75, 3.05) is 44.8 Å². The van der Waals surface area contributed by atoms with Gasteiger partial charge in [0.2, 0.25) is 5.91 Å². The Hall–Kier alpha value is -2.90. The van der Waals surface area contributed by atoms with E-state index >= 15 is 0 Å². The normalized spacial score (nSPS) is 15.8. The molecule has 1 aliphatic heterocycles. The molecule has 2 aromatic rings. The Bertz CT molecular complexity index is 941. The van der Waals surface area contributed by atoms with Crippen LogP contribution in [0.3, 0.4) is 0 Å². The van der Waals surface area contributed by atoms with Crippen LogP contribution in [0.15, 0.2) is 42.5 Å². The molecule has 0 saturated carbocycles. The third kappa shape index (κ3) is 6.55. The van der Waals surface area contributed by atoms with Crippen molar-refractivity contribution in [3.8, 4) is 5.75 Å². The van der Waals surface area contributed by atoms with E-state index in [2.05, 4.69) is 21.6 Å². The molecule has 32 heavy (non-hydrogen) atoms. The van der Waals surface area contributed by atoms with Crippen molar-refractivity contribution in [3.63, 3.8) is 0 Å². The first kappa shape index (κ1) is 22.3. The van der Waals surface area contributed by atoms with Gasteiger partial charge in [-0.05, 0) is 60.2 Å². The highest BCUT2D eigenvalue weighted by molar-refractivity contribution is 5.90. The highest BCUT2D eigenvalue weighted by Gasteiger charge is 2.13. The Kier molecular flexibility index (Phi) is 7.74. The summed E-state index contributed by atoms with van der Waals surface area (Å²) in [5.74, 6) is 0.550. The lowest BCUT2D eigenvalue weighted by atomic mass is 10.1. The minimum absolute atomic E-state index is 0.0135. The fourth-order valence-corrected chi connectivity index (χ4v) is 4.11. The van der Waals surface area contributed by atoms with Crippen LogP contribution in [0, 0.1) is 0 Å². The molecular weight excluding hydrogens is 406 g/mol. The monoisotopic (exact) mass is 437 g/mol. The van der Waals surface area contributed by atoms with E-state index in [1.807, 2.05) is 36.4 Å². The second-order valence-electron chi connectivity index (χ2n) is 8.30. The van der Waals surface area contributed by atoms with Gasteiger partial charge in [-0.2, -0.15) is 0 Å². The topological polar surface area (TPSA) is 79.9 Å². The van der Waals surface area contributed by atoms with E-state index in [0.717, 1.165) is 62.7 Å². The van der Waals surface area contributed by atoms with Crippen molar-refractivity contribution < 1.29 is 19.1 Å². The number of morpholine rings is 1. The summed E-state index contributed by atoms with van der Waals surface area (Å²) in [5, 5.41) is 5.82. The Morgan fingerprint density at radius 1 is 1.00 bits per heavy atom. The first-order valence-electron chi connectivity index (χ1n) is 11.4. The number of fused-ring (bicyclic) bond motifs is 1. The number of amides is 2. The summed E-state index contributed by atoms with van der Waals surface area (Å²) in [5.41, 5.74) is 4.36. The summed E-state index contributed by atoms with van der Waals surface area (Å²) in [6.07, 6.45) is 3.84. The number of ether oxygens (including phenoxy) is 2. The van der Waals surface area contributed by atoms with E-state index in [-0.39, 0.29) is 18.4 Å². The van der Waals surface area contributed by atoms with Crippen LogP contribution in [0.2, 0.25) is 0 Å². The number of benzene rings is 2. The fourth-order valence-electron chi connectivity index (χ4n) is 4.11. The van der Waals surface area contributed by atoms with E-state index in [1.165, 1.54) is 17.5 Å². The summed E-state index contributed by atoms with van der Waals surface area (Å²) in [6, 6.07) is 13.6. The van der Waals surface area contributed by atoms with Gasteiger partial charge in [0, 0.05) is 38.3 Å². The molecule has 170 valence electrons. The molecule has 2 aromatic carbocycles. The van der Waals surface area contributed by atoms with Gasteiger partial charge in [-0.3, -0.25) is 14.5 Å². The van der Waals surface area contributed by atoms with E-state index < -0.39 is 0 Å². The summed E-state index contributed by atoms with van der Waals surface area (Å²) in [7, 11) is 0. The predicted molar refractivity (Wildman–Crippen MR) is 123 cm³/mol. The highest BCUT2D eigenvalue weighted by atomic mass is 16.5. The Labute approximate surface area is 189 Å². The van der Waals surface area contributed by atoms with Crippen LogP contribution in [0.5, 0.6) is 5.75 Å². The SMILES string of the molecule is O=C(COc1ccc2c(c1)CCC2)NCc1cccc(NC(=O)CCN2CCOCC2)c1. The van der Waals surface area contributed by atoms with Crippen LogP contribution in [-0.4, -0.2) is 56.2 Å². The summed E-state index contributed by atoms with van der Waals surface area (Å²) in [6.45, 7) is 4.30. The van der Waals surface area contributed by atoms with Crippen molar-refractivity contribution in [3.05, 3.63) is 59.2 Å². The molecule has 4 rings (SSSR count). The molecule has 1 fully saturated rings. The Balaban J connectivity index is 1.18. The zero-order valence-corrected chi connectivity index (χ0v) is 18.4. The summed E-state index contributed by atoms with van der Waals surface area (Å²) >= 11 is 0. The number of rotatable bonds is 9. The van der Waals surface area contributed by atoms with Gasteiger partial charge in [0.15, 0.2) is 6.61 Å². The number of aryl methyl sites for hydroxylation is 2. The van der Waals surface area contributed by atoms with Gasteiger partial charge >= 0.3 is 0 Å². The van der Waals surface area contributed by atoms with Crippen LogP contribution < -0.4 is 15.4 Å². The number of anilines is 1. The van der Waals surface area contributed by atoms with Gasteiger partial charge in [-0.1, -0.05) is 18.2 Å². The van der Waals surface area contributed by atoms with E-state index in [0.29, 0.717) is 13.0 Å². The maximum atomic E-state index is 12.3. The highest BCUT2D eigenvalue weighted by Crippen LogP contribution is 2.25. The van der Waals surface area contributed by atoms with Crippen molar-refractivity contribution in [1.29, 1.82) is 0 Å². The standard InChI is InChI=1S/C25H31N3O4/c29-24(9-10-28-11-13-31-14-12-28)27-22-6-1-3-19(15-22)17-26-25(30)18-32-23-8-7-20-4-2-5-21(20)16-23/h1,3,6-8,15-16H,2,4-5,9-14,17-18H2,(H,26,30)(H,27,29). The summed E-state index contributed by atoms with van der Waals surface area (Å²) < 4.78 is 11.0. The maximum Gasteiger partial charge on any atom is 0.258 e. The third-order valence-electron chi connectivity index (χ3n) is 5.90. The third-order valence-corrected chi connectivity index (χ3v) is 5.90. The quantitative estimate of drug-likeness (QED) is 0.630. The maximum absolute atomic E-state index is 12.3. The van der Waals surface area contributed by atoms with Gasteiger partial charge in [0.05, 0.1) is 13.2 Å². The molecule has 0 atom stereocenters. The number of hydrogen-bond donors (Lipinski definition) is 2. The van der Waals surface area contributed by atoms with Crippen LogP contribution in [-0.2, 0) is 33.7 Å². The zero-order chi connectivity index (χ0) is 22.2. The first-order valence-corrected chi connectivity index (χ1v) is 11.4. The van der Waals surface area contributed by atoms with Crippen LogP contribution >= 0.6 is 0 Å². The molecular formula is C25H31N3O4. The van der Waals surface area contributed by atoms with Gasteiger partial charge in [0.25, 0.3) is 5.91 Å². The Morgan fingerprint density at radius 2 is 1.84 bits per heavy atom. The molecule has 2 aliphatic rings. The molecule has 0 spiro atoms. The second kappa shape index (κ2) is 11.1. The number of carbonyl (C=O) groups excluding carboxylic acids is 2. The van der Waals surface area contributed by atoms with Gasteiger partial charge < -0.3 is 20.1 Å². The van der Waals surface area contributed by atoms with E-state index in [4.69, 9.17) is 9.47 Å². The number of carbonyl (C=O) groups is 2. The molecule has 7 heteroatoms. The first-order chi connectivity index (χ1) is 15.7. The molecule has 2 amide bonds. The second-order valence-corrected chi connectivity index (χ2v) is 8.30. The smallest absolute Gasteiger partial charge is 0.258 e. The molecule has 2 N–H and O–H groups in total. The summed E-state index contributed by atoms with van der Waals surface area (Å²) in [4.78, 5) is 26.7.